The Morgan fingerprint density at radius 2 is 1.94 bits per heavy atom. The fourth-order valence-corrected chi connectivity index (χ4v) is 1.54. The molecular formula is C14H23NO2. The summed E-state index contributed by atoms with van der Waals surface area (Å²) in [7, 11) is 0. The molecule has 0 saturated heterocycles. The Labute approximate surface area is 104 Å². The van der Waals surface area contributed by atoms with Gasteiger partial charge in [0.2, 0.25) is 0 Å². The molecule has 1 unspecified atom stereocenters. The first-order valence-corrected chi connectivity index (χ1v) is 6.36. The van der Waals surface area contributed by atoms with Gasteiger partial charge in [0.15, 0.2) is 0 Å². The molecule has 0 aliphatic carbocycles. The molecule has 1 rings (SSSR count). The number of hydrogen-bond donors (Lipinski definition) is 2. The van der Waals surface area contributed by atoms with Crippen molar-refractivity contribution in [1.82, 2.24) is 5.32 Å². The lowest BCUT2D eigenvalue weighted by Crippen LogP contribution is -2.38. The number of hydrogen-bond acceptors (Lipinski definition) is 3. The van der Waals surface area contributed by atoms with Crippen molar-refractivity contribution in [1.29, 1.82) is 0 Å². The van der Waals surface area contributed by atoms with Gasteiger partial charge in [0.1, 0.15) is 12.4 Å². The van der Waals surface area contributed by atoms with E-state index in [1.54, 1.807) is 0 Å². The van der Waals surface area contributed by atoms with E-state index in [0.29, 0.717) is 6.61 Å². The molecule has 2 N–H and O–H groups in total. The zero-order chi connectivity index (χ0) is 12.5. The molecule has 0 aromatic heterocycles. The highest BCUT2D eigenvalue weighted by Crippen LogP contribution is 2.12. The first-order valence-electron chi connectivity index (χ1n) is 6.36. The van der Waals surface area contributed by atoms with Crippen molar-refractivity contribution >= 4 is 0 Å². The number of nitrogens with one attached hydrogen (secondary N) is 1. The summed E-state index contributed by atoms with van der Waals surface area (Å²) in [6.45, 7) is 5.75. The van der Waals surface area contributed by atoms with Crippen molar-refractivity contribution in [2.45, 2.75) is 32.7 Å². The second-order valence-corrected chi connectivity index (χ2v) is 4.14. The van der Waals surface area contributed by atoms with Crippen LogP contribution in [0.5, 0.6) is 5.75 Å². The molecule has 0 spiro atoms. The summed E-state index contributed by atoms with van der Waals surface area (Å²) in [4.78, 5) is 0. The minimum absolute atomic E-state index is 0.0146. The van der Waals surface area contributed by atoms with Crippen LogP contribution in [0, 0.1) is 0 Å². The van der Waals surface area contributed by atoms with E-state index in [2.05, 4.69) is 31.3 Å². The highest BCUT2D eigenvalue weighted by Gasteiger charge is 2.06. The Kier molecular flexibility index (Phi) is 6.67. The lowest BCUT2D eigenvalue weighted by Gasteiger charge is -2.16. The van der Waals surface area contributed by atoms with Crippen LogP contribution in [-0.2, 0) is 6.42 Å². The Morgan fingerprint density at radius 3 is 2.47 bits per heavy atom. The highest BCUT2D eigenvalue weighted by molar-refractivity contribution is 5.27. The molecule has 3 nitrogen and oxygen atoms in total. The Morgan fingerprint density at radius 1 is 1.24 bits per heavy atom. The maximum absolute atomic E-state index is 9.17. The van der Waals surface area contributed by atoms with Crippen molar-refractivity contribution in [2.24, 2.45) is 0 Å². The fourth-order valence-electron chi connectivity index (χ4n) is 1.54. The predicted octanol–water partition coefficient (Wildman–Crippen LogP) is 1.99. The summed E-state index contributed by atoms with van der Waals surface area (Å²) in [5.41, 5.74) is 1.31. The third-order valence-electron chi connectivity index (χ3n) is 2.69. The van der Waals surface area contributed by atoms with Gasteiger partial charge in [-0.15, -0.1) is 0 Å². The summed E-state index contributed by atoms with van der Waals surface area (Å²) < 4.78 is 5.63. The zero-order valence-corrected chi connectivity index (χ0v) is 10.8. The van der Waals surface area contributed by atoms with Crippen molar-refractivity contribution < 1.29 is 9.84 Å². The van der Waals surface area contributed by atoms with E-state index in [1.807, 2.05) is 12.1 Å². The van der Waals surface area contributed by atoms with E-state index in [1.165, 1.54) is 5.56 Å². The molecule has 1 atom stereocenters. The van der Waals surface area contributed by atoms with Gasteiger partial charge in [-0.25, -0.2) is 0 Å². The van der Waals surface area contributed by atoms with Gasteiger partial charge in [-0.3, -0.25) is 0 Å². The van der Waals surface area contributed by atoms with Crippen molar-refractivity contribution in [2.75, 3.05) is 19.8 Å². The smallest absolute Gasteiger partial charge is 0.119 e. The van der Waals surface area contributed by atoms with Crippen LogP contribution < -0.4 is 10.1 Å². The molecule has 1 aromatic carbocycles. The van der Waals surface area contributed by atoms with E-state index < -0.39 is 0 Å². The van der Waals surface area contributed by atoms with Crippen LogP contribution >= 0.6 is 0 Å². The lowest BCUT2D eigenvalue weighted by atomic mass is 10.2. The first kappa shape index (κ1) is 14.0. The van der Waals surface area contributed by atoms with Gasteiger partial charge in [0.05, 0.1) is 12.6 Å². The minimum Gasteiger partial charge on any atom is -0.492 e. The van der Waals surface area contributed by atoms with E-state index in [0.717, 1.165) is 25.1 Å². The number of aryl methyl sites for hydroxylation is 1. The van der Waals surface area contributed by atoms with Crippen molar-refractivity contribution in [3.8, 4) is 5.75 Å². The quantitative estimate of drug-likeness (QED) is 0.726. The largest absolute Gasteiger partial charge is 0.492 e. The Bertz CT molecular complexity index is 298. The molecule has 1 aromatic rings. The third-order valence-corrected chi connectivity index (χ3v) is 2.69. The molecule has 0 bridgehead atoms. The second kappa shape index (κ2) is 8.09. The van der Waals surface area contributed by atoms with E-state index >= 15 is 0 Å². The number of aliphatic hydroxyl groups excluding tert-OH is 1. The standard InChI is InChI=1S/C14H23NO2/c1-3-9-15-13(10-16)11-17-14-7-5-12(4-2)6-8-14/h5-8,13,15-16H,3-4,9-11H2,1-2H3. The van der Waals surface area contributed by atoms with Crippen LogP contribution in [0.1, 0.15) is 25.8 Å². The van der Waals surface area contributed by atoms with Crippen LogP contribution in [0.15, 0.2) is 24.3 Å². The number of rotatable bonds is 8. The van der Waals surface area contributed by atoms with Gasteiger partial charge in [0.25, 0.3) is 0 Å². The first-order chi connectivity index (χ1) is 8.30. The van der Waals surface area contributed by atoms with E-state index in [4.69, 9.17) is 4.74 Å². The van der Waals surface area contributed by atoms with Gasteiger partial charge in [-0.1, -0.05) is 26.0 Å². The topological polar surface area (TPSA) is 41.5 Å². The van der Waals surface area contributed by atoms with Gasteiger partial charge >= 0.3 is 0 Å². The van der Waals surface area contributed by atoms with Gasteiger partial charge in [-0.2, -0.15) is 0 Å². The molecule has 0 aliphatic rings. The van der Waals surface area contributed by atoms with E-state index in [9.17, 15) is 5.11 Å². The molecule has 0 amide bonds. The third kappa shape index (κ3) is 5.20. The summed E-state index contributed by atoms with van der Waals surface area (Å²) in [6, 6.07) is 8.12. The van der Waals surface area contributed by atoms with Crippen molar-refractivity contribution in [3.05, 3.63) is 29.8 Å². The number of ether oxygens (including phenoxy) is 1. The minimum atomic E-state index is 0.0146. The number of aliphatic hydroxyl groups is 1. The normalized spacial score (nSPS) is 12.4. The SMILES string of the molecule is CCCNC(CO)COc1ccc(CC)cc1. The second-order valence-electron chi connectivity index (χ2n) is 4.14. The maximum atomic E-state index is 9.17. The fraction of sp³-hybridized carbons (Fsp3) is 0.571. The van der Waals surface area contributed by atoms with Crippen LogP contribution in [0.2, 0.25) is 0 Å². The van der Waals surface area contributed by atoms with Gasteiger partial charge < -0.3 is 15.2 Å². The molecule has 0 aliphatic heterocycles. The summed E-state index contributed by atoms with van der Waals surface area (Å²) in [5.74, 6) is 0.860. The van der Waals surface area contributed by atoms with Gasteiger partial charge in [0, 0.05) is 0 Å². The van der Waals surface area contributed by atoms with Crippen LogP contribution in [0.4, 0.5) is 0 Å². The molecule has 0 heterocycles. The molecular weight excluding hydrogens is 214 g/mol. The molecule has 0 saturated carbocycles. The molecule has 0 fully saturated rings. The molecule has 3 heteroatoms. The van der Waals surface area contributed by atoms with E-state index in [-0.39, 0.29) is 12.6 Å². The maximum Gasteiger partial charge on any atom is 0.119 e. The van der Waals surface area contributed by atoms with Crippen LogP contribution in [0.3, 0.4) is 0 Å². The summed E-state index contributed by atoms with van der Waals surface area (Å²) in [5, 5.41) is 12.4. The summed E-state index contributed by atoms with van der Waals surface area (Å²) >= 11 is 0. The van der Waals surface area contributed by atoms with Crippen molar-refractivity contribution in [3.63, 3.8) is 0 Å². The Hall–Kier alpha value is -1.06. The zero-order valence-electron chi connectivity index (χ0n) is 10.8. The molecule has 0 radical (unpaired) electrons. The number of benzene rings is 1. The van der Waals surface area contributed by atoms with Crippen LogP contribution in [-0.4, -0.2) is 30.9 Å². The van der Waals surface area contributed by atoms with Gasteiger partial charge in [-0.05, 0) is 37.1 Å². The molecule has 96 valence electrons. The average Bonchev–Trinajstić information content (AvgIpc) is 2.39. The highest BCUT2D eigenvalue weighted by atomic mass is 16.5. The average molecular weight is 237 g/mol. The Balaban J connectivity index is 2.36. The molecule has 17 heavy (non-hydrogen) atoms. The monoisotopic (exact) mass is 237 g/mol. The predicted molar refractivity (Wildman–Crippen MR) is 70.5 cm³/mol. The lowest BCUT2D eigenvalue weighted by molar-refractivity contribution is 0.183. The summed E-state index contributed by atoms with van der Waals surface area (Å²) in [6.07, 6.45) is 2.10. The van der Waals surface area contributed by atoms with Crippen LogP contribution in [0.25, 0.3) is 0 Å².